The molecule has 1 saturated carbocycles. The first-order chi connectivity index (χ1) is 15.8. The van der Waals surface area contributed by atoms with Crippen molar-refractivity contribution in [2.45, 2.75) is 95.5 Å². The van der Waals surface area contributed by atoms with Gasteiger partial charge in [0.25, 0.3) is 5.91 Å². The van der Waals surface area contributed by atoms with E-state index in [4.69, 9.17) is 4.74 Å². The lowest BCUT2D eigenvalue weighted by atomic mass is 9.79. The molecule has 7 nitrogen and oxygen atoms in total. The molecule has 0 aromatic heterocycles. The van der Waals surface area contributed by atoms with Crippen molar-refractivity contribution in [2.75, 3.05) is 6.61 Å². The molecule has 1 aliphatic carbocycles. The number of hydrogen-bond donors (Lipinski definition) is 2. The van der Waals surface area contributed by atoms with Gasteiger partial charge < -0.3 is 15.0 Å². The van der Waals surface area contributed by atoms with E-state index < -0.39 is 6.04 Å². The van der Waals surface area contributed by atoms with E-state index in [2.05, 4.69) is 36.6 Å². The minimum absolute atomic E-state index is 0.105. The topological polar surface area (TPSA) is 87.7 Å². The number of hydrogen-bond acceptors (Lipinski definition) is 5. The van der Waals surface area contributed by atoms with Crippen LogP contribution in [-0.2, 0) is 27.3 Å². The van der Waals surface area contributed by atoms with Crippen molar-refractivity contribution in [2.24, 2.45) is 5.92 Å². The van der Waals surface area contributed by atoms with Gasteiger partial charge in [-0.2, -0.15) is 0 Å². The minimum atomic E-state index is -0.560. The molecule has 2 N–H and O–H groups in total. The molecule has 1 unspecified atom stereocenters. The van der Waals surface area contributed by atoms with E-state index in [1.807, 2.05) is 6.07 Å². The van der Waals surface area contributed by atoms with Gasteiger partial charge in [-0.15, -0.1) is 0 Å². The van der Waals surface area contributed by atoms with E-state index in [0.717, 1.165) is 25.0 Å². The molecule has 3 heterocycles. The number of carbonyl (C=O) groups is 3. The third-order valence-electron chi connectivity index (χ3n) is 8.13. The van der Waals surface area contributed by atoms with Crippen LogP contribution in [0.1, 0.15) is 80.3 Å². The lowest BCUT2D eigenvalue weighted by Crippen LogP contribution is -2.52. The van der Waals surface area contributed by atoms with Gasteiger partial charge in [0.15, 0.2) is 0 Å². The van der Waals surface area contributed by atoms with Crippen LogP contribution in [0.15, 0.2) is 18.2 Å². The number of nitrogens with zero attached hydrogens (tertiary/aromatic N) is 1. The Kier molecular flexibility index (Phi) is 6.04. The summed E-state index contributed by atoms with van der Waals surface area (Å²) in [5.41, 5.74) is 2.82. The number of rotatable bonds is 5. The maximum atomic E-state index is 13.0. The summed E-state index contributed by atoms with van der Waals surface area (Å²) < 4.78 is 5.94. The van der Waals surface area contributed by atoms with Crippen molar-refractivity contribution >= 4 is 17.7 Å². The highest BCUT2D eigenvalue weighted by Gasteiger charge is 2.40. The Balaban J connectivity index is 1.27. The maximum absolute atomic E-state index is 13.0. The van der Waals surface area contributed by atoms with E-state index in [-0.39, 0.29) is 29.7 Å². The van der Waals surface area contributed by atoms with Crippen LogP contribution in [0.4, 0.5) is 0 Å². The van der Waals surface area contributed by atoms with Gasteiger partial charge in [-0.25, -0.2) is 0 Å². The first kappa shape index (κ1) is 22.5. The third-order valence-corrected chi connectivity index (χ3v) is 8.13. The summed E-state index contributed by atoms with van der Waals surface area (Å²) >= 11 is 0. The molecule has 4 aliphatic rings. The van der Waals surface area contributed by atoms with Crippen molar-refractivity contribution in [3.63, 3.8) is 0 Å². The average Bonchev–Trinajstić information content (AvgIpc) is 3.28. The summed E-state index contributed by atoms with van der Waals surface area (Å²) in [6, 6.07) is 6.49. The Morgan fingerprint density at radius 1 is 1.12 bits per heavy atom. The fourth-order valence-electron chi connectivity index (χ4n) is 6.16. The normalized spacial score (nSPS) is 31.6. The van der Waals surface area contributed by atoms with Crippen molar-refractivity contribution in [3.8, 4) is 0 Å². The average molecular weight is 454 g/mol. The van der Waals surface area contributed by atoms with Crippen LogP contribution in [0.3, 0.4) is 0 Å². The molecule has 4 atom stereocenters. The zero-order chi connectivity index (χ0) is 23.2. The van der Waals surface area contributed by atoms with E-state index in [1.54, 1.807) is 4.90 Å². The summed E-state index contributed by atoms with van der Waals surface area (Å²) in [6.45, 7) is 5.63. The predicted molar refractivity (Wildman–Crippen MR) is 124 cm³/mol. The van der Waals surface area contributed by atoms with Crippen molar-refractivity contribution in [3.05, 3.63) is 34.9 Å². The fraction of sp³-hybridized carbons (Fsp3) is 0.654. The molecule has 3 fully saturated rings. The highest BCUT2D eigenvalue weighted by atomic mass is 16.5. The molecule has 5 rings (SSSR count). The number of benzene rings is 1. The van der Waals surface area contributed by atoms with Gasteiger partial charge in [-0.05, 0) is 69.1 Å². The number of piperidine rings is 1. The minimum Gasteiger partial charge on any atom is -0.374 e. The van der Waals surface area contributed by atoms with E-state index in [0.29, 0.717) is 36.5 Å². The molecular weight excluding hydrogens is 418 g/mol. The standard InChI is InChI=1S/C26H35N3O4/c1-26(2)22(11-12-33-26)27-20-6-4-3-5-17(20)13-16-7-8-19-18(14-16)15-29(25(19)32)21-9-10-23(30)28-24(21)31/h7-8,14,17,20-22,27H,3-6,9-13,15H2,1-2H3,(H,28,30,31)/t17-,20+,21?,22-/m1/s1. The summed E-state index contributed by atoms with van der Waals surface area (Å²) in [5, 5.41) is 6.31. The van der Waals surface area contributed by atoms with Crippen LogP contribution >= 0.6 is 0 Å². The summed E-state index contributed by atoms with van der Waals surface area (Å²) in [7, 11) is 0. The van der Waals surface area contributed by atoms with Gasteiger partial charge in [0, 0.05) is 37.2 Å². The monoisotopic (exact) mass is 453 g/mol. The van der Waals surface area contributed by atoms with E-state index >= 15 is 0 Å². The molecule has 3 amide bonds. The molecule has 7 heteroatoms. The molecule has 0 bridgehead atoms. The number of nitrogens with one attached hydrogen (secondary N) is 2. The maximum Gasteiger partial charge on any atom is 0.255 e. The van der Waals surface area contributed by atoms with Crippen molar-refractivity contribution in [1.29, 1.82) is 0 Å². The highest BCUT2D eigenvalue weighted by molar-refractivity contribution is 6.05. The number of amides is 3. The van der Waals surface area contributed by atoms with Gasteiger partial charge in [-0.1, -0.05) is 25.0 Å². The molecule has 0 radical (unpaired) electrons. The summed E-state index contributed by atoms with van der Waals surface area (Å²) in [6.07, 6.45) is 7.67. The van der Waals surface area contributed by atoms with Crippen LogP contribution in [0.25, 0.3) is 0 Å². The third kappa shape index (κ3) is 4.45. The van der Waals surface area contributed by atoms with Gasteiger partial charge in [0.1, 0.15) is 6.04 Å². The van der Waals surface area contributed by atoms with Crippen molar-refractivity contribution in [1.82, 2.24) is 15.5 Å². The lowest BCUT2D eigenvalue weighted by Gasteiger charge is -2.37. The Morgan fingerprint density at radius 2 is 1.94 bits per heavy atom. The van der Waals surface area contributed by atoms with Crippen molar-refractivity contribution < 1.29 is 19.1 Å². The van der Waals surface area contributed by atoms with E-state index in [9.17, 15) is 14.4 Å². The Bertz CT molecular complexity index is 959. The lowest BCUT2D eigenvalue weighted by molar-refractivity contribution is -0.136. The second-order valence-corrected chi connectivity index (χ2v) is 10.7. The van der Waals surface area contributed by atoms with Gasteiger partial charge >= 0.3 is 0 Å². The largest absolute Gasteiger partial charge is 0.374 e. The molecule has 3 aliphatic heterocycles. The Morgan fingerprint density at radius 3 is 2.70 bits per heavy atom. The number of imide groups is 1. The molecular formula is C26H35N3O4. The van der Waals surface area contributed by atoms with Crippen LogP contribution in [0, 0.1) is 5.92 Å². The van der Waals surface area contributed by atoms with Gasteiger partial charge in [-0.3, -0.25) is 19.7 Å². The first-order valence-electron chi connectivity index (χ1n) is 12.5. The Hall–Kier alpha value is -2.25. The van der Waals surface area contributed by atoms with Crippen LogP contribution in [-0.4, -0.2) is 53.0 Å². The predicted octanol–water partition coefficient (Wildman–Crippen LogP) is 2.71. The molecule has 0 spiro atoms. The van der Waals surface area contributed by atoms with Crippen LogP contribution in [0.2, 0.25) is 0 Å². The van der Waals surface area contributed by atoms with Crippen LogP contribution < -0.4 is 10.6 Å². The number of fused-ring (bicyclic) bond motifs is 1. The summed E-state index contributed by atoms with van der Waals surface area (Å²) in [5.74, 6) is -0.156. The quantitative estimate of drug-likeness (QED) is 0.670. The summed E-state index contributed by atoms with van der Waals surface area (Å²) in [4.78, 5) is 38.4. The Labute approximate surface area is 195 Å². The number of carbonyl (C=O) groups excluding carboxylic acids is 3. The molecule has 2 saturated heterocycles. The van der Waals surface area contributed by atoms with Crippen LogP contribution in [0.5, 0.6) is 0 Å². The van der Waals surface area contributed by atoms with Gasteiger partial charge in [0.2, 0.25) is 11.8 Å². The zero-order valence-corrected chi connectivity index (χ0v) is 19.7. The van der Waals surface area contributed by atoms with E-state index in [1.165, 1.54) is 31.2 Å². The SMILES string of the molecule is CC1(C)OCC[C@H]1N[C@H]1CCCC[C@@H]1Cc1ccc2c(c1)CN(C1CCC(=O)NC1=O)C2=O. The molecule has 33 heavy (non-hydrogen) atoms. The fourth-order valence-corrected chi connectivity index (χ4v) is 6.16. The smallest absolute Gasteiger partial charge is 0.255 e. The molecule has 1 aromatic rings. The second kappa shape index (κ2) is 8.84. The first-order valence-corrected chi connectivity index (χ1v) is 12.5. The van der Waals surface area contributed by atoms with Gasteiger partial charge in [0.05, 0.1) is 5.60 Å². The second-order valence-electron chi connectivity index (χ2n) is 10.7. The highest BCUT2D eigenvalue weighted by Crippen LogP contribution is 2.33. The molecule has 178 valence electrons. The zero-order valence-electron chi connectivity index (χ0n) is 19.7. The number of ether oxygens (including phenoxy) is 1. The molecule has 1 aromatic carbocycles.